The van der Waals surface area contributed by atoms with Gasteiger partial charge in [-0.05, 0) is 44.4 Å². The highest BCUT2D eigenvalue weighted by atomic mass is 35.5. The number of hydrogen-bond acceptors (Lipinski definition) is 5. The van der Waals surface area contributed by atoms with Crippen molar-refractivity contribution in [1.82, 2.24) is 19.9 Å². The largest absolute Gasteiger partial charge is 0.339 e. The van der Waals surface area contributed by atoms with E-state index in [4.69, 9.17) is 11.6 Å². The van der Waals surface area contributed by atoms with Crippen molar-refractivity contribution in [2.75, 3.05) is 0 Å². The summed E-state index contributed by atoms with van der Waals surface area (Å²) >= 11 is 8.85. The molecule has 0 saturated heterocycles. The number of H-pyrrole nitrogens is 2. The van der Waals surface area contributed by atoms with Crippen LogP contribution in [-0.4, -0.2) is 30.8 Å². The highest BCUT2D eigenvalue weighted by Gasteiger charge is 2.48. The highest BCUT2D eigenvalue weighted by molar-refractivity contribution is 8.17. The molecule has 1 atom stereocenters. The fraction of sp³-hybridized carbons (Fsp3) is 0.316. The molecule has 3 aromatic rings. The van der Waals surface area contributed by atoms with E-state index in [-0.39, 0.29) is 10.00 Å². The Bertz CT molecular complexity index is 963. The summed E-state index contributed by atoms with van der Waals surface area (Å²) in [5.41, 5.74) is 4.26. The van der Waals surface area contributed by atoms with Gasteiger partial charge in [0.2, 0.25) is 0 Å². The molecule has 27 heavy (non-hydrogen) atoms. The van der Waals surface area contributed by atoms with Gasteiger partial charge in [0, 0.05) is 22.3 Å². The second-order valence-corrected chi connectivity index (χ2v) is 9.67. The average molecular weight is 419 g/mol. The van der Waals surface area contributed by atoms with Gasteiger partial charge in [-0.2, -0.15) is 0 Å². The van der Waals surface area contributed by atoms with Gasteiger partial charge in [-0.1, -0.05) is 47.3 Å². The lowest BCUT2D eigenvalue weighted by molar-refractivity contribution is -0.106. The molecule has 4 rings (SSSR count). The van der Waals surface area contributed by atoms with Crippen molar-refractivity contribution in [3.8, 4) is 0 Å². The van der Waals surface area contributed by atoms with Crippen LogP contribution < -0.4 is 0 Å². The van der Waals surface area contributed by atoms with E-state index in [2.05, 4.69) is 32.1 Å². The SMILES string of the molecule is Cc1c[nH]c(SC(C=O)Sc2nc(C)c(C3(c4ccc(Cl)cc4)CC3)[nH]2)n1. The molecule has 2 aromatic heterocycles. The molecule has 2 N–H and O–H groups in total. The monoisotopic (exact) mass is 418 g/mol. The zero-order valence-corrected chi connectivity index (χ0v) is 17.3. The van der Waals surface area contributed by atoms with Crippen molar-refractivity contribution >= 4 is 41.4 Å². The number of hydrogen-bond donors (Lipinski definition) is 2. The number of nitrogens with zero attached hydrogens (tertiary/aromatic N) is 2. The van der Waals surface area contributed by atoms with Crippen molar-refractivity contribution in [3.63, 3.8) is 0 Å². The Morgan fingerprint density at radius 1 is 1.15 bits per heavy atom. The zero-order valence-electron chi connectivity index (χ0n) is 15.0. The van der Waals surface area contributed by atoms with Crippen LogP contribution in [0.4, 0.5) is 0 Å². The molecule has 8 heteroatoms. The molecule has 0 bridgehead atoms. The van der Waals surface area contributed by atoms with Gasteiger partial charge in [0.15, 0.2) is 10.3 Å². The van der Waals surface area contributed by atoms with E-state index >= 15 is 0 Å². The van der Waals surface area contributed by atoms with E-state index in [1.807, 2.05) is 32.2 Å². The lowest BCUT2D eigenvalue weighted by Gasteiger charge is -2.15. The van der Waals surface area contributed by atoms with Gasteiger partial charge in [0.1, 0.15) is 10.9 Å². The maximum absolute atomic E-state index is 11.5. The number of halogens is 1. The number of benzene rings is 1. The van der Waals surface area contributed by atoms with Crippen LogP contribution in [0, 0.1) is 13.8 Å². The third kappa shape index (κ3) is 3.81. The summed E-state index contributed by atoms with van der Waals surface area (Å²) in [5.74, 6) is 0. The molecule has 0 radical (unpaired) electrons. The van der Waals surface area contributed by atoms with Crippen molar-refractivity contribution < 1.29 is 4.79 Å². The Morgan fingerprint density at radius 2 is 1.85 bits per heavy atom. The second kappa shape index (κ2) is 7.37. The molecule has 1 aromatic carbocycles. The van der Waals surface area contributed by atoms with Gasteiger partial charge in [-0.15, -0.1) is 0 Å². The lowest BCUT2D eigenvalue weighted by atomic mass is 9.91. The molecular weight excluding hydrogens is 400 g/mol. The third-order valence-corrected chi connectivity index (χ3v) is 7.10. The van der Waals surface area contributed by atoms with Crippen LogP contribution in [0.5, 0.6) is 0 Å². The fourth-order valence-electron chi connectivity index (χ4n) is 3.28. The van der Waals surface area contributed by atoms with Crippen LogP contribution in [0.15, 0.2) is 40.8 Å². The normalized spacial score (nSPS) is 16.3. The number of aromatic amines is 2. The van der Waals surface area contributed by atoms with Crippen LogP contribution in [0.25, 0.3) is 0 Å². The van der Waals surface area contributed by atoms with Crippen LogP contribution in [0.2, 0.25) is 5.02 Å². The zero-order chi connectivity index (χ0) is 19.0. The van der Waals surface area contributed by atoms with Gasteiger partial charge >= 0.3 is 0 Å². The topological polar surface area (TPSA) is 74.4 Å². The number of carbonyl (C=O) groups excluding carboxylic acids is 1. The Balaban J connectivity index is 1.54. The van der Waals surface area contributed by atoms with Crippen molar-refractivity contribution in [3.05, 3.63) is 58.1 Å². The van der Waals surface area contributed by atoms with Crippen LogP contribution >= 0.6 is 35.1 Å². The summed E-state index contributed by atoms with van der Waals surface area (Å²) in [4.78, 5) is 27.1. The van der Waals surface area contributed by atoms with Crippen molar-refractivity contribution in [2.45, 2.75) is 47.0 Å². The van der Waals surface area contributed by atoms with E-state index < -0.39 is 0 Å². The van der Waals surface area contributed by atoms with E-state index in [1.165, 1.54) is 29.1 Å². The summed E-state index contributed by atoms with van der Waals surface area (Å²) in [6.07, 6.45) is 4.92. The number of imidazole rings is 2. The standard InChI is InChI=1S/C19H19ClN4OS2/c1-11-9-21-17(22-11)26-15(10-25)27-18-23-12(2)16(24-18)19(7-8-19)13-3-5-14(20)6-4-13/h3-6,9-10,15H,7-8H2,1-2H3,(H,21,22)(H,23,24). The van der Waals surface area contributed by atoms with Gasteiger partial charge in [0.25, 0.3) is 0 Å². The Hall–Kier alpha value is -1.70. The molecule has 1 aliphatic carbocycles. The molecule has 0 aliphatic heterocycles. The first-order valence-electron chi connectivity index (χ1n) is 8.64. The maximum atomic E-state index is 11.5. The molecule has 140 valence electrons. The molecule has 5 nitrogen and oxygen atoms in total. The minimum atomic E-state index is -0.320. The summed E-state index contributed by atoms with van der Waals surface area (Å²) in [6.45, 7) is 3.93. The molecule has 1 saturated carbocycles. The molecule has 0 amide bonds. The van der Waals surface area contributed by atoms with E-state index in [0.717, 1.165) is 51.5 Å². The van der Waals surface area contributed by atoms with E-state index in [0.29, 0.717) is 0 Å². The summed E-state index contributed by atoms with van der Waals surface area (Å²) in [5, 5.41) is 2.24. The molecule has 2 heterocycles. The maximum Gasteiger partial charge on any atom is 0.167 e. The first-order valence-corrected chi connectivity index (χ1v) is 10.8. The summed E-state index contributed by atoms with van der Waals surface area (Å²) in [6, 6.07) is 8.04. The number of aldehydes is 1. The van der Waals surface area contributed by atoms with Crippen LogP contribution in [-0.2, 0) is 10.2 Å². The quantitative estimate of drug-likeness (QED) is 0.324. The average Bonchev–Trinajstić information content (AvgIpc) is 3.22. The highest BCUT2D eigenvalue weighted by Crippen LogP contribution is 2.54. The minimum Gasteiger partial charge on any atom is -0.339 e. The molecular formula is C19H19ClN4OS2. The predicted octanol–water partition coefficient (Wildman–Crippen LogP) is 4.89. The molecule has 1 unspecified atom stereocenters. The summed E-state index contributed by atoms with van der Waals surface area (Å²) in [7, 11) is 0. The van der Waals surface area contributed by atoms with Crippen LogP contribution in [0.3, 0.4) is 0 Å². The van der Waals surface area contributed by atoms with Crippen molar-refractivity contribution in [1.29, 1.82) is 0 Å². The number of thioether (sulfide) groups is 2. The third-order valence-electron chi connectivity index (χ3n) is 4.74. The number of nitrogens with one attached hydrogen (secondary N) is 2. The Labute approximate surface area is 171 Å². The number of aromatic nitrogens is 4. The summed E-state index contributed by atoms with van der Waals surface area (Å²) < 4.78 is -0.320. The number of rotatable bonds is 7. The van der Waals surface area contributed by atoms with Gasteiger partial charge < -0.3 is 14.8 Å². The first-order chi connectivity index (χ1) is 13.0. The van der Waals surface area contributed by atoms with Crippen molar-refractivity contribution in [2.24, 2.45) is 0 Å². The van der Waals surface area contributed by atoms with E-state index in [9.17, 15) is 4.79 Å². The van der Waals surface area contributed by atoms with Gasteiger partial charge in [-0.3, -0.25) is 0 Å². The van der Waals surface area contributed by atoms with Gasteiger partial charge in [0.05, 0.1) is 11.4 Å². The minimum absolute atomic E-state index is 0.0115. The number of carbonyl (C=O) groups is 1. The molecule has 0 spiro atoms. The number of aryl methyl sites for hydroxylation is 2. The second-order valence-electron chi connectivity index (χ2n) is 6.68. The fourth-order valence-corrected chi connectivity index (χ4v) is 5.37. The van der Waals surface area contributed by atoms with E-state index in [1.54, 1.807) is 0 Å². The van der Waals surface area contributed by atoms with Crippen LogP contribution in [0.1, 0.15) is 35.5 Å². The smallest absolute Gasteiger partial charge is 0.167 e. The lowest BCUT2D eigenvalue weighted by Crippen LogP contribution is -2.10. The molecule has 1 aliphatic rings. The van der Waals surface area contributed by atoms with Gasteiger partial charge in [-0.25, -0.2) is 9.97 Å². The predicted molar refractivity (Wildman–Crippen MR) is 110 cm³/mol. The molecule has 1 fully saturated rings. The Morgan fingerprint density at radius 3 is 2.44 bits per heavy atom. The first kappa shape index (κ1) is 18.7. The Kier molecular flexibility index (Phi) is 5.09.